The van der Waals surface area contributed by atoms with E-state index in [2.05, 4.69) is 15.5 Å². The van der Waals surface area contributed by atoms with E-state index in [-0.39, 0.29) is 5.91 Å². The highest BCUT2D eigenvalue weighted by molar-refractivity contribution is 8.00. The van der Waals surface area contributed by atoms with Crippen LogP contribution in [0, 0.1) is 0 Å². The van der Waals surface area contributed by atoms with Gasteiger partial charge in [0.15, 0.2) is 0 Å². The van der Waals surface area contributed by atoms with Gasteiger partial charge in [0.1, 0.15) is 10.9 Å². The van der Waals surface area contributed by atoms with Crippen molar-refractivity contribution in [3.05, 3.63) is 30.1 Å². The molecule has 0 saturated carbocycles. The third kappa shape index (κ3) is 6.38. The van der Waals surface area contributed by atoms with Crippen molar-refractivity contribution in [3.8, 4) is 0 Å². The summed E-state index contributed by atoms with van der Waals surface area (Å²) in [5.74, 6) is 0.357. The number of ether oxygens (including phenoxy) is 1. The van der Waals surface area contributed by atoms with Crippen LogP contribution < -0.4 is 10.6 Å². The number of nitrogens with zero attached hydrogens (tertiary/aromatic N) is 3. The van der Waals surface area contributed by atoms with Crippen LogP contribution in [0.25, 0.3) is 10.9 Å². The molecular weight excluding hydrogens is 402 g/mol. The number of hydrogen-bond donors (Lipinski definition) is 2. The Labute approximate surface area is 181 Å². The summed E-state index contributed by atoms with van der Waals surface area (Å²) >= 11 is 1.33. The zero-order valence-corrected chi connectivity index (χ0v) is 18.7. The Bertz CT molecular complexity index is 909. The molecule has 3 amide bonds. The Hall–Kier alpha value is -2.23. The van der Waals surface area contributed by atoms with Crippen LogP contribution in [0.15, 0.2) is 29.3 Å². The molecule has 1 aromatic heterocycles. The maximum absolute atomic E-state index is 12.5. The number of imide groups is 1. The Morgan fingerprint density at radius 3 is 2.60 bits per heavy atom. The lowest BCUT2D eigenvalue weighted by molar-refractivity contribution is -0.119. The molecule has 2 aromatic rings. The average Bonchev–Trinajstić information content (AvgIpc) is 2.67. The van der Waals surface area contributed by atoms with Crippen LogP contribution in [0.1, 0.15) is 33.5 Å². The van der Waals surface area contributed by atoms with Crippen molar-refractivity contribution in [2.45, 2.75) is 50.1 Å². The highest BCUT2D eigenvalue weighted by atomic mass is 32.2. The SMILES string of the molecule is C[C@@H](Sc1nc(CN2CCOCC2)nc2ccccc12)C(=O)NC(=O)NC(C)(C)C. The number of carbonyl (C=O) groups excluding carboxylic acids is 2. The fourth-order valence-electron chi connectivity index (χ4n) is 3.02. The first-order valence-corrected chi connectivity index (χ1v) is 10.9. The summed E-state index contributed by atoms with van der Waals surface area (Å²) in [5.41, 5.74) is 0.425. The lowest BCUT2D eigenvalue weighted by Crippen LogP contribution is -2.49. The number of fused-ring (bicyclic) bond motifs is 1. The normalized spacial score (nSPS) is 16.3. The van der Waals surface area contributed by atoms with Gasteiger partial charge in [-0.25, -0.2) is 14.8 Å². The summed E-state index contributed by atoms with van der Waals surface area (Å²) < 4.78 is 5.41. The van der Waals surface area contributed by atoms with Gasteiger partial charge in [-0.15, -0.1) is 0 Å². The van der Waals surface area contributed by atoms with E-state index < -0.39 is 16.8 Å². The molecule has 1 aromatic carbocycles. The number of hydrogen-bond acceptors (Lipinski definition) is 7. The number of rotatable bonds is 5. The maximum atomic E-state index is 12.5. The first-order chi connectivity index (χ1) is 14.2. The summed E-state index contributed by atoms with van der Waals surface area (Å²) in [5, 5.41) is 6.28. The van der Waals surface area contributed by atoms with Crippen molar-refractivity contribution in [3.63, 3.8) is 0 Å². The average molecular weight is 432 g/mol. The number of morpholine rings is 1. The molecule has 0 radical (unpaired) electrons. The van der Waals surface area contributed by atoms with E-state index >= 15 is 0 Å². The number of benzene rings is 1. The smallest absolute Gasteiger partial charge is 0.321 e. The molecule has 0 spiro atoms. The quantitative estimate of drug-likeness (QED) is 0.555. The lowest BCUT2D eigenvalue weighted by Gasteiger charge is -2.26. The number of urea groups is 1. The Kier molecular flexibility index (Phi) is 7.27. The van der Waals surface area contributed by atoms with E-state index in [1.54, 1.807) is 6.92 Å². The van der Waals surface area contributed by atoms with Gasteiger partial charge in [-0.3, -0.25) is 15.0 Å². The number of carbonyl (C=O) groups is 2. The molecule has 0 bridgehead atoms. The largest absolute Gasteiger partial charge is 0.379 e. The zero-order chi connectivity index (χ0) is 21.7. The van der Waals surface area contributed by atoms with Crippen LogP contribution in [0.3, 0.4) is 0 Å². The lowest BCUT2D eigenvalue weighted by atomic mass is 10.1. The van der Waals surface area contributed by atoms with Gasteiger partial charge in [0.05, 0.1) is 30.5 Å². The van der Waals surface area contributed by atoms with Gasteiger partial charge in [-0.1, -0.05) is 30.0 Å². The van der Waals surface area contributed by atoms with Crippen LogP contribution in [-0.4, -0.2) is 63.9 Å². The number of nitrogens with one attached hydrogen (secondary N) is 2. The second-order valence-corrected chi connectivity index (χ2v) is 9.63. The van der Waals surface area contributed by atoms with Crippen molar-refractivity contribution in [2.24, 2.45) is 0 Å². The van der Waals surface area contributed by atoms with Crippen molar-refractivity contribution < 1.29 is 14.3 Å². The molecule has 0 aliphatic carbocycles. The van der Waals surface area contributed by atoms with E-state index in [0.29, 0.717) is 19.8 Å². The zero-order valence-electron chi connectivity index (χ0n) is 17.9. The first kappa shape index (κ1) is 22.5. The second-order valence-electron chi connectivity index (χ2n) is 8.30. The third-order valence-corrected chi connectivity index (χ3v) is 5.57. The molecule has 162 valence electrons. The summed E-state index contributed by atoms with van der Waals surface area (Å²) in [6, 6.07) is 7.27. The number of thioether (sulfide) groups is 1. The molecule has 1 fully saturated rings. The molecule has 2 heterocycles. The summed E-state index contributed by atoms with van der Waals surface area (Å²) in [4.78, 5) is 36.2. The van der Waals surface area contributed by atoms with Crippen molar-refractivity contribution >= 4 is 34.6 Å². The molecule has 30 heavy (non-hydrogen) atoms. The summed E-state index contributed by atoms with van der Waals surface area (Å²) in [7, 11) is 0. The van der Waals surface area contributed by atoms with E-state index in [1.165, 1.54) is 11.8 Å². The van der Waals surface area contributed by atoms with Gasteiger partial charge in [-0.05, 0) is 33.8 Å². The minimum absolute atomic E-state index is 0.362. The topological polar surface area (TPSA) is 96.4 Å². The standard InChI is InChI=1S/C21H29N5O3S/c1-14(18(27)24-20(28)25-21(2,3)4)30-19-15-7-5-6-8-16(15)22-17(23-19)13-26-9-11-29-12-10-26/h5-8,14H,9-13H2,1-4H3,(H2,24,25,27,28)/t14-/m1/s1. The van der Waals surface area contributed by atoms with Crippen LogP contribution in [0.4, 0.5) is 4.79 Å². The Morgan fingerprint density at radius 1 is 1.20 bits per heavy atom. The molecule has 1 aliphatic rings. The van der Waals surface area contributed by atoms with Gasteiger partial charge >= 0.3 is 6.03 Å². The summed E-state index contributed by atoms with van der Waals surface area (Å²) in [6.07, 6.45) is 0. The van der Waals surface area contributed by atoms with E-state index in [9.17, 15) is 9.59 Å². The number of amides is 3. The molecule has 1 aliphatic heterocycles. The minimum atomic E-state index is -0.500. The van der Waals surface area contributed by atoms with Gasteiger partial charge in [0.2, 0.25) is 5.91 Å². The molecule has 1 atom stereocenters. The minimum Gasteiger partial charge on any atom is -0.379 e. The molecule has 1 saturated heterocycles. The molecule has 9 heteroatoms. The summed E-state index contributed by atoms with van der Waals surface area (Å²) in [6.45, 7) is 11.1. The van der Waals surface area contributed by atoms with Crippen molar-refractivity contribution in [1.29, 1.82) is 0 Å². The second kappa shape index (κ2) is 9.72. The Balaban J connectivity index is 1.74. The van der Waals surface area contributed by atoms with Crippen LogP contribution in [0.2, 0.25) is 0 Å². The highest BCUT2D eigenvalue weighted by Crippen LogP contribution is 2.29. The van der Waals surface area contributed by atoms with Gasteiger partial charge in [-0.2, -0.15) is 0 Å². The van der Waals surface area contributed by atoms with Gasteiger partial charge in [0, 0.05) is 24.0 Å². The van der Waals surface area contributed by atoms with E-state index in [1.807, 2.05) is 45.0 Å². The van der Waals surface area contributed by atoms with Crippen molar-refractivity contribution in [1.82, 2.24) is 25.5 Å². The van der Waals surface area contributed by atoms with E-state index in [4.69, 9.17) is 14.7 Å². The number of aromatic nitrogens is 2. The third-order valence-electron chi connectivity index (χ3n) is 4.47. The Morgan fingerprint density at radius 2 is 1.90 bits per heavy atom. The molecule has 3 rings (SSSR count). The highest BCUT2D eigenvalue weighted by Gasteiger charge is 2.22. The van der Waals surface area contributed by atoms with Crippen LogP contribution in [-0.2, 0) is 16.1 Å². The molecule has 8 nitrogen and oxygen atoms in total. The van der Waals surface area contributed by atoms with Crippen molar-refractivity contribution in [2.75, 3.05) is 26.3 Å². The molecule has 0 unspecified atom stereocenters. The number of para-hydroxylation sites is 1. The predicted molar refractivity (Wildman–Crippen MR) is 117 cm³/mol. The molecule has 2 N–H and O–H groups in total. The van der Waals surface area contributed by atoms with Gasteiger partial charge < -0.3 is 10.1 Å². The van der Waals surface area contributed by atoms with Crippen LogP contribution >= 0.6 is 11.8 Å². The fourth-order valence-corrected chi connectivity index (χ4v) is 3.98. The monoisotopic (exact) mass is 431 g/mol. The van der Waals surface area contributed by atoms with Crippen LogP contribution in [0.5, 0.6) is 0 Å². The first-order valence-electron chi connectivity index (χ1n) is 10.1. The van der Waals surface area contributed by atoms with Gasteiger partial charge in [0.25, 0.3) is 0 Å². The maximum Gasteiger partial charge on any atom is 0.321 e. The predicted octanol–water partition coefficient (Wildman–Crippen LogP) is 2.57. The molecular formula is C21H29N5O3S. The van der Waals surface area contributed by atoms with E-state index in [0.717, 1.165) is 34.8 Å². The fraction of sp³-hybridized carbons (Fsp3) is 0.524.